The van der Waals surface area contributed by atoms with Gasteiger partial charge in [0.2, 0.25) is 0 Å². The zero-order valence-electron chi connectivity index (χ0n) is 17.0. The minimum Gasteiger partial charge on any atom is -0.465 e. The molecular weight excluding hydrogens is 352 g/mol. The molecule has 1 aliphatic rings. The molecule has 1 saturated heterocycles. The third kappa shape index (κ3) is 3.48. The van der Waals surface area contributed by atoms with Gasteiger partial charge in [0.15, 0.2) is 0 Å². The Bertz CT molecular complexity index is 743. The highest BCUT2D eigenvalue weighted by atomic mass is 28.4. The van der Waals surface area contributed by atoms with E-state index in [1.165, 1.54) is 10.4 Å². The molecule has 1 fully saturated rings. The largest absolute Gasteiger partial charge is 0.465 e. The third-order valence-corrected chi connectivity index (χ3v) is 11.0. The smallest absolute Gasteiger partial charge is 0.309 e. The maximum atomic E-state index is 12.0. The molecule has 0 aliphatic carbocycles. The van der Waals surface area contributed by atoms with Crippen LogP contribution in [0.4, 0.5) is 0 Å². The molecule has 0 bridgehead atoms. The summed E-state index contributed by atoms with van der Waals surface area (Å²) in [5.74, 6) is -0.278. The summed E-state index contributed by atoms with van der Waals surface area (Å²) in [5.41, 5.74) is -0.301. The lowest BCUT2D eigenvalue weighted by Gasteiger charge is -2.44. The van der Waals surface area contributed by atoms with Crippen LogP contribution in [0, 0.1) is 11.3 Å². The van der Waals surface area contributed by atoms with Crippen molar-refractivity contribution in [1.29, 1.82) is 0 Å². The molecule has 2 atom stereocenters. The fraction of sp³-hybridized carbons (Fsp3) is 0.435. The second-order valence-corrected chi connectivity index (χ2v) is 13.2. The van der Waals surface area contributed by atoms with Gasteiger partial charge in [0.1, 0.15) is 0 Å². The van der Waals surface area contributed by atoms with Crippen LogP contribution in [-0.2, 0) is 14.0 Å². The van der Waals surface area contributed by atoms with E-state index >= 15 is 0 Å². The zero-order valence-corrected chi connectivity index (χ0v) is 18.0. The van der Waals surface area contributed by atoms with Gasteiger partial charge >= 0.3 is 5.97 Å². The SMILES string of the molecule is C[C@H]1C(=O)OC[C@@]1(C)CO[Si](c1ccccc1)(c1ccccc1)C(C)(C)C. The van der Waals surface area contributed by atoms with Crippen LogP contribution in [0.5, 0.6) is 0 Å². The van der Waals surface area contributed by atoms with Crippen molar-refractivity contribution in [3.8, 4) is 0 Å². The van der Waals surface area contributed by atoms with Gasteiger partial charge in [0.25, 0.3) is 8.32 Å². The van der Waals surface area contributed by atoms with E-state index in [4.69, 9.17) is 9.16 Å². The van der Waals surface area contributed by atoms with E-state index in [1.54, 1.807) is 0 Å². The number of hydrogen-bond donors (Lipinski definition) is 0. The van der Waals surface area contributed by atoms with E-state index in [0.29, 0.717) is 13.2 Å². The summed E-state index contributed by atoms with van der Waals surface area (Å²) in [5, 5.41) is 2.44. The van der Waals surface area contributed by atoms with Crippen LogP contribution in [0.25, 0.3) is 0 Å². The van der Waals surface area contributed by atoms with Gasteiger partial charge in [0.05, 0.1) is 12.5 Å². The standard InChI is InChI=1S/C23H30O3Si/c1-18-21(24)25-16-23(18,5)17-26-27(22(2,3)4,19-12-8-6-9-13-19)20-14-10-7-11-15-20/h6-15,18H,16-17H2,1-5H3/t18-,23-/m0/s1. The molecule has 0 radical (unpaired) electrons. The van der Waals surface area contributed by atoms with Crippen LogP contribution < -0.4 is 10.4 Å². The van der Waals surface area contributed by atoms with Gasteiger partial charge < -0.3 is 9.16 Å². The maximum absolute atomic E-state index is 12.0. The summed E-state index contributed by atoms with van der Waals surface area (Å²) in [6.45, 7) is 11.8. The van der Waals surface area contributed by atoms with Crippen molar-refractivity contribution in [2.75, 3.05) is 13.2 Å². The number of cyclic esters (lactones) is 1. The molecule has 1 aliphatic heterocycles. The Morgan fingerprint density at radius 2 is 1.52 bits per heavy atom. The maximum Gasteiger partial charge on any atom is 0.309 e. The van der Waals surface area contributed by atoms with E-state index in [-0.39, 0.29) is 22.3 Å². The molecule has 2 aromatic rings. The van der Waals surface area contributed by atoms with E-state index in [0.717, 1.165) is 0 Å². The van der Waals surface area contributed by atoms with Gasteiger partial charge in [-0.15, -0.1) is 0 Å². The lowest BCUT2D eigenvalue weighted by molar-refractivity contribution is -0.140. The van der Waals surface area contributed by atoms with Crippen LogP contribution in [-0.4, -0.2) is 27.5 Å². The van der Waals surface area contributed by atoms with Crippen molar-refractivity contribution in [2.24, 2.45) is 11.3 Å². The van der Waals surface area contributed by atoms with Gasteiger partial charge in [-0.25, -0.2) is 0 Å². The molecule has 0 unspecified atom stereocenters. The number of esters is 1. The van der Waals surface area contributed by atoms with E-state index in [2.05, 4.69) is 76.2 Å². The Balaban J connectivity index is 2.09. The lowest BCUT2D eigenvalue weighted by atomic mass is 9.82. The highest BCUT2D eigenvalue weighted by Crippen LogP contribution is 2.40. The van der Waals surface area contributed by atoms with Crippen LogP contribution >= 0.6 is 0 Å². The Kier molecular flexibility index (Phi) is 5.33. The number of rotatable bonds is 5. The number of carbonyl (C=O) groups is 1. The predicted octanol–water partition coefficient (Wildman–Crippen LogP) is 3.76. The van der Waals surface area contributed by atoms with E-state index in [1.807, 2.05) is 19.1 Å². The fourth-order valence-corrected chi connectivity index (χ4v) is 8.67. The zero-order chi connectivity index (χ0) is 19.7. The van der Waals surface area contributed by atoms with Crippen molar-refractivity contribution < 1.29 is 14.0 Å². The summed E-state index contributed by atoms with van der Waals surface area (Å²) in [6, 6.07) is 21.2. The monoisotopic (exact) mass is 382 g/mol. The highest BCUT2D eigenvalue weighted by Gasteiger charge is 2.53. The van der Waals surface area contributed by atoms with Crippen molar-refractivity contribution in [2.45, 2.75) is 39.7 Å². The topological polar surface area (TPSA) is 35.5 Å². The average molecular weight is 383 g/mol. The molecule has 3 nitrogen and oxygen atoms in total. The molecular formula is C23H30O3Si. The molecule has 27 heavy (non-hydrogen) atoms. The quantitative estimate of drug-likeness (QED) is 0.583. The van der Waals surface area contributed by atoms with Crippen LogP contribution in [0.3, 0.4) is 0 Å². The average Bonchev–Trinajstić information content (AvgIpc) is 2.91. The first kappa shape index (κ1) is 19.8. The summed E-state index contributed by atoms with van der Waals surface area (Å²) in [7, 11) is -2.58. The molecule has 0 aromatic heterocycles. The highest BCUT2D eigenvalue weighted by molar-refractivity contribution is 6.99. The minimum absolute atomic E-state index is 0.0707. The minimum atomic E-state index is -2.58. The van der Waals surface area contributed by atoms with Crippen LogP contribution in [0.2, 0.25) is 5.04 Å². The molecule has 144 valence electrons. The number of benzene rings is 2. The van der Waals surface area contributed by atoms with Gasteiger partial charge in [0, 0.05) is 12.0 Å². The van der Waals surface area contributed by atoms with Crippen LogP contribution in [0.15, 0.2) is 60.7 Å². The third-order valence-electron chi connectivity index (χ3n) is 5.98. The molecule has 2 aromatic carbocycles. The van der Waals surface area contributed by atoms with E-state index < -0.39 is 8.32 Å². The number of hydrogen-bond acceptors (Lipinski definition) is 3. The summed E-state index contributed by atoms with van der Waals surface area (Å²) in [4.78, 5) is 12.0. The van der Waals surface area contributed by atoms with Crippen molar-refractivity contribution in [3.05, 3.63) is 60.7 Å². The Hall–Kier alpha value is -1.91. The second kappa shape index (κ2) is 7.25. The predicted molar refractivity (Wildman–Crippen MR) is 112 cm³/mol. The normalized spacial score (nSPS) is 23.3. The number of carbonyl (C=O) groups excluding carboxylic acids is 1. The van der Waals surface area contributed by atoms with Crippen LogP contribution in [0.1, 0.15) is 34.6 Å². The van der Waals surface area contributed by atoms with Gasteiger partial charge in [-0.1, -0.05) is 95.3 Å². The van der Waals surface area contributed by atoms with E-state index in [9.17, 15) is 4.79 Å². The lowest BCUT2D eigenvalue weighted by Crippen LogP contribution is -2.67. The molecule has 0 spiro atoms. The summed E-state index contributed by atoms with van der Waals surface area (Å²) in [6.07, 6.45) is 0. The number of ether oxygens (including phenoxy) is 1. The van der Waals surface area contributed by atoms with Gasteiger partial charge in [-0.3, -0.25) is 4.79 Å². The molecule has 0 saturated carbocycles. The molecule has 1 heterocycles. The Morgan fingerprint density at radius 3 is 1.89 bits per heavy atom. The van der Waals surface area contributed by atoms with Crippen molar-refractivity contribution in [1.82, 2.24) is 0 Å². The molecule has 0 amide bonds. The Labute approximate surface area is 163 Å². The molecule has 4 heteroatoms. The van der Waals surface area contributed by atoms with Gasteiger partial charge in [-0.05, 0) is 15.4 Å². The summed E-state index contributed by atoms with van der Waals surface area (Å²) < 4.78 is 12.3. The molecule has 0 N–H and O–H groups in total. The van der Waals surface area contributed by atoms with Gasteiger partial charge in [-0.2, -0.15) is 0 Å². The van der Waals surface area contributed by atoms with Crippen molar-refractivity contribution >= 4 is 24.7 Å². The first-order chi connectivity index (χ1) is 12.7. The fourth-order valence-electron chi connectivity index (χ4n) is 3.97. The first-order valence-electron chi connectivity index (χ1n) is 9.62. The first-order valence-corrected chi connectivity index (χ1v) is 11.5. The Morgan fingerprint density at radius 1 is 1.04 bits per heavy atom. The summed E-state index contributed by atoms with van der Waals surface area (Å²) >= 11 is 0. The molecule has 3 rings (SSSR count). The van der Waals surface area contributed by atoms with Crippen molar-refractivity contribution in [3.63, 3.8) is 0 Å². The second-order valence-electron chi connectivity index (χ2n) is 8.94.